The molecule has 0 saturated carbocycles. The van der Waals surface area contributed by atoms with Gasteiger partial charge < -0.3 is 14.8 Å². The molecule has 27 heavy (non-hydrogen) atoms. The van der Waals surface area contributed by atoms with E-state index in [9.17, 15) is 14.9 Å². The molecule has 2 aromatic carbocycles. The molecular weight excluding hydrogens is 395 g/mol. The molecule has 1 atom stereocenters. The van der Waals surface area contributed by atoms with Gasteiger partial charge in [-0.05, 0) is 31.5 Å². The first kappa shape index (κ1) is 20.8. The van der Waals surface area contributed by atoms with Crippen molar-refractivity contribution in [1.82, 2.24) is 5.32 Å². The lowest BCUT2D eigenvalue weighted by Crippen LogP contribution is -2.27. The van der Waals surface area contributed by atoms with E-state index < -0.39 is 16.9 Å². The van der Waals surface area contributed by atoms with E-state index in [-0.39, 0.29) is 22.7 Å². The van der Waals surface area contributed by atoms with Gasteiger partial charge in [0.2, 0.25) is 0 Å². The van der Waals surface area contributed by atoms with Crippen molar-refractivity contribution in [1.29, 1.82) is 0 Å². The molecule has 0 aliphatic carbocycles. The van der Waals surface area contributed by atoms with Gasteiger partial charge in [-0.15, -0.1) is 0 Å². The Morgan fingerprint density at radius 2 is 1.93 bits per heavy atom. The number of amides is 1. The summed E-state index contributed by atoms with van der Waals surface area (Å²) in [6, 6.07) is 6.98. The summed E-state index contributed by atoms with van der Waals surface area (Å²) < 4.78 is 10.5. The highest BCUT2D eigenvalue weighted by Crippen LogP contribution is 2.35. The first-order chi connectivity index (χ1) is 12.8. The van der Waals surface area contributed by atoms with Crippen LogP contribution in [0, 0.1) is 10.1 Å². The smallest absolute Gasteiger partial charge is 0.286 e. The number of ether oxygens (including phenoxy) is 2. The molecule has 0 fully saturated rings. The number of nitro groups is 1. The van der Waals surface area contributed by atoms with Crippen molar-refractivity contribution in [3.8, 4) is 11.5 Å². The monoisotopic (exact) mass is 412 g/mol. The van der Waals surface area contributed by atoms with E-state index in [1.54, 1.807) is 32.0 Å². The second-order valence-corrected chi connectivity index (χ2v) is 6.39. The molecule has 9 heteroatoms. The van der Waals surface area contributed by atoms with E-state index in [1.807, 2.05) is 0 Å². The summed E-state index contributed by atoms with van der Waals surface area (Å²) in [6.07, 6.45) is 0. The fourth-order valence-electron chi connectivity index (χ4n) is 2.45. The Morgan fingerprint density at radius 1 is 1.22 bits per heavy atom. The van der Waals surface area contributed by atoms with Gasteiger partial charge in [0.1, 0.15) is 5.56 Å². The van der Waals surface area contributed by atoms with Crippen LogP contribution in [0.5, 0.6) is 11.5 Å². The lowest BCUT2D eigenvalue weighted by molar-refractivity contribution is -0.385. The summed E-state index contributed by atoms with van der Waals surface area (Å²) in [6.45, 7) is 3.77. The molecule has 2 aromatic rings. The number of methoxy groups -OCH3 is 1. The van der Waals surface area contributed by atoms with Crippen molar-refractivity contribution in [2.75, 3.05) is 13.7 Å². The summed E-state index contributed by atoms with van der Waals surface area (Å²) in [7, 11) is 1.39. The first-order valence-corrected chi connectivity index (χ1v) is 8.79. The van der Waals surface area contributed by atoms with Crippen molar-refractivity contribution in [2.24, 2.45) is 0 Å². The van der Waals surface area contributed by atoms with Crippen molar-refractivity contribution in [3.05, 3.63) is 61.6 Å². The molecule has 0 saturated heterocycles. The molecule has 0 radical (unpaired) electrons. The fourth-order valence-corrected chi connectivity index (χ4v) is 2.76. The molecule has 0 heterocycles. The number of nitrogens with one attached hydrogen (secondary N) is 1. The highest BCUT2D eigenvalue weighted by atomic mass is 35.5. The van der Waals surface area contributed by atoms with Crippen LogP contribution in [-0.4, -0.2) is 24.5 Å². The summed E-state index contributed by atoms with van der Waals surface area (Å²) in [5.41, 5.74) is 0.198. The van der Waals surface area contributed by atoms with Crippen LogP contribution >= 0.6 is 23.2 Å². The van der Waals surface area contributed by atoms with Gasteiger partial charge in [0.05, 0.1) is 40.8 Å². The average molecular weight is 413 g/mol. The largest absolute Gasteiger partial charge is 0.493 e. The molecule has 0 aliphatic rings. The SMILES string of the molecule is CCOc1cc([N+](=O)[O-])c(C(=O)NC(C)c2ccc(Cl)c(Cl)c2)cc1OC. The van der Waals surface area contributed by atoms with Crippen LogP contribution in [0.25, 0.3) is 0 Å². The average Bonchev–Trinajstić information content (AvgIpc) is 2.63. The maximum absolute atomic E-state index is 12.7. The second-order valence-electron chi connectivity index (χ2n) is 5.58. The van der Waals surface area contributed by atoms with E-state index in [2.05, 4.69) is 5.32 Å². The lowest BCUT2D eigenvalue weighted by Gasteiger charge is -2.16. The summed E-state index contributed by atoms with van der Waals surface area (Å²) >= 11 is 11.9. The normalized spacial score (nSPS) is 11.6. The standard InChI is InChI=1S/C18H18Cl2N2O5/c1-4-27-17-9-15(22(24)25)12(8-16(17)26-3)18(23)21-10(2)11-5-6-13(19)14(20)7-11/h5-10H,4H2,1-3H3,(H,21,23). The van der Waals surface area contributed by atoms with Crippen molar-refractivity contribution < 1.29 is 19.2 Å². The van der Waals surface area contributed by atoms with Gasteiger partial charge in [-0.25, -0.2) is 0 Å². The molecule has 0 aromatic heterocycles. The number of hydrogen-bond donors (Lipinski definition) is 1. The fraction of sp³-hybridized carbons (Fsp3) is 0.278. The van der Waals surface area contributed by atoms with Crippen molar-refractivity contribution in [2.45, 2.75) is 19.9 Å². The molecule has 1 amide bonds. The minimum absolute atomic E-state index is 0.132. The van der Waals surface area contributed by atoms with Gasteiger partial charge in [0.15, 0.2) is 11.5 Å². The molecule has 7 nitrogen and oxygen atoms in total. The zero-order valence-corrected chi connectivity index (χ0v) is 16.4. The molecule has 0 spiro atoms. The first-order valence-electron chi connectivity index (χ1n) is 8.03. The molecule has 2 rings (SSSR count). The van der Waals surface area contributed by atoms with E-state index in [0.29, 0.717) is 22.2 Å². The van der Waals surface area contributed by atoms with Gasteiger partial charge >= 0.3 is 0 Å². The second kappa shape index (κ2) is 8.92. The predicted octanol–water partition coefficient (Wildman–Crippen LogP) is 4.80. The molecule has 1 unspecified atom stereocenters. The maximum Gasteiger partial charge on any atom is 0.286 e. The van der Waals surface area contributed by atoms with Crippen LogP contribution < -0.4 is 14.8 Å². The highest BCUT2D eigenvalue weighted by molar-refractivity contribution is 6.42. The maximum atomic E-state index is 12.7. The number of hydrogen-bond acceptors (Lipinski definition) is 5. The van der Waals surface area contributed by atoms with Gasteiger partial charge in [-0.1, -0.05) is 29.3 Å². The molecule has 144 valence electrons. The van der Waals surface area contributed by atoms with Crippen molar-refractivity contribution >= 4 is 34.8 Å². The third kappa shape index (κ3) is 4.81. The minimum Gasteiger partial charge on any atom is -0.493 e. The quantitative estimate of drug-likeness (QED) is 0.520. The minimum atomic E-state index is -0.638. The van der Waals surface area contributed by atoms with Crippen LogP contribution in [0.2, 0.25) is 10.0 Å². The Hall–Kier alpha value is -2.51. The van der Waals surface area contributed by atoms with Gasteiger partial charge in [0.25, 0.3) is 11.6 Å². The Labute approximate surface area is 166 Å². The van der Waals surface area contributed by atoms with Gasteiger partial charge in [-0.3, -0.25) is 14.9 Å². The zero-order valence-electron chi connectivity index (χ0n) is 14.9. The zero-order chi connectivity index (χ0) is 20.1. The van der Waals surface area contributed by atoms with E-state index in [1.165, 1.54) is 19.2 Å². The molecule has 0 bridgehead atoms. The van der Waals surface area contributed by atoms with Gasteiger partial charge in [0, 0.05) is 6.07 Å². The summed E-state index contributed by atoms with van der Waals surface area (Å²) in [4.78, 5) is 23.5. The van der Waals surface area contributed by atoms with E-state index >= 15 is 0 Å². The number of carbonyl (C=O) groups is 1. The van der Waals surface area contributed by atoms with Crippen LogP contribution in [0.4, 0.5) is 5.69 Å². The summed E-state index contributed by atoms with van der Waals surface area (Å²) in [5.74, 6) is -0.197. The van der Waals surface area contributed by atoms with Gasteiger partial charge in [-0.2, -0.15) is 0 Å². The van der Waals surface area contributed by atoms with Crippen LogP contribution in [0.15, 0.2) is 30.3 Å². The van der Waals surface area contributed by atoms with Crippen LogP contribution in [0.3, 0.4) is 0 Å². The predicted molar refractivity (Wildman–Crippen MR) is 103 cm³/mol. The highest BCUT2D eigenvalue weighted by Gasteiger charge is 2.26. The number of carbonyl (C=O) groups excluding carboxylic acids is 1. The molecular formula is C18H18Cl2N2O5. The Kier molecular flexibility index (Phi) is 6.87. The summed E-state index contributed by atoms with van der Waals surface area (Å²) in [5, 5.41) is 14.9. The topological polar surface area (TPSA) is 90.7 Å². The molecule has 0 aliphatic heterocycles. The van der Waals surface area contributed by atoms with Crippen LogP contribution in [0.1, 0.15) is 35.8 Å². The Balaban J connectivity index is 2.36. The van der Waals surface area contributed by atoms with Crippen LogP contribution in [-0.2, 0) is 0 Å². The Bertz CT molecular complexity index is 873. The van der Waals surface area contributed by atoms with Crippen molar-refractivity contribution in [3.63, 3.8) is 0 Å². The third-order valence-electron chi connectivity index (χ3n) is 3.81. The van der Waals surface area contributed by atoms with E-state index in [4.69, 9.17) is 32.7 Å². The number of nitrogens with zero attached hydrogens (tertiary/aromatic N) is 1. The Morgan fingerprint density at radius 3 is 2.48 bits per heavy atom. The number of nitro benzene ring substituents is 1. The number of rotatable bonds is 7. The number of benzene rings is 2. The van der Waals surface area contributed by atoms with E-state index in [0.717, 1.165) is 0 Å². The number of halogens is 2. The molecule has 1 N–H and O–H groups in total. The third-order valence-corrected chi connectivity index (χ3v) is 4.55. The lowest BCUT2D eigenvalue weighted by atomic mass is 10.1.